The van der Waals surface area contributed by atoms with Gasteiger partial charge in [-0.15, -0.1) is 11.3 Å². The van der Waals surface area contributed by atoms with Gasteiger partial charge in [-0.3, -0.25) is 4.90 Å². The van der Waals surface area contributed by atoms with Crippen molar-refractivity contribution in [2.45, 2.75) is 51.2 Å². The summed E-state index contributed by atoms with van der Waals surface area (Å²) >= 11 is 1.87. The molecule has 1 aliphatic heterocycles. The molecule has 94 valence electrons. The Morgan fingerprint density at radius 3 is 3.00 bits per heavy atom. The predicted molar refractivity (Wildman–Crippen MR) is 71.3 cm³/mol. The van der Waals surface area contributed by atoms with E-state index in [1.54, 1.807) is 0 Å². The average molecular weight is 251 g/mol. The summed E-state index contributed by atoms with van der Waals surface area (Å²) in [5, 5.41) is 5.01. The Bertz CT molecular complexity index is 372. The molecule has 0 amide bonds. The smallest absolute Gasteiger partial charge is 0.107 e. The van der Waals surface area contributed by atoms with Gasteiger partial charge in [0.15, 0.2) is 0 Å². The molecule has 1 N–H and O–H groups in total. The fraction of sp³-hybridized carbons (Fsp3) is 0.769. The lowest BCUT2D eigenvalue weighted by Gasteiger charge is -2.15. The van der Waals surface area contributed by atoms with Crippen molar-refractivity contribution in [3.63, 3.8) is 0 Å². The van der Waals surface area contributed by atoms with E-state index in [9.17, 15) is 0 Å². The first-order chi connectivity index (χ1) is 8.33. The summed E-state index contributed by atoms with van der Waals surface area (Å²) in [6.07, 6.45) is 7.24. The lowest BCUT2D eigenvalue weighted by Crippen LogP contribution is -2.33. The minimum Gasteiger partial charge on any atom is -0.310 e. The molecule has 1 saturated heterocycles. The van der Waals surface area contributed by atoms with E-state index in [0.717, 1.165) is 25.0 Å². The van der Waals surface area contributed by atoms with E-state index < -0.39 is 0 Å². The van der Waals surface area contributed by atoms with Gasteiger partial charge in [0.1, 0.15) is 5.01 Å². The molecular weight excluding hydrogens is 230 g/mol. The van der Waals surface area contributed by atoms with Gasteiger partial charge in [-0.2, -0.15) is 0 Å². The molecule has 2 heterocycles. The summed E-state index contributed by atoms with van der Waals surface area (Å²) in [6.45, 7) is 5.68. The number of rotatable bonds is 5. The van der Waals surface area contributed by atoms with Gasteiger partial charge < -0.3 is 5.32 Å². The highest BCUT2D eigenvalue weighted by Crippen LogP contribution is 2.23. The summed E-state index contributed by atoms with van der Waals surface area (Å²) in [5.74, 6) is 0. The molecule has 2 fully saturated rings. The van der Waals surface area contributed by atoms with Crippen molar-refractivity contribution in [1.29, 1.82) is 0 Å². The third-order valence-electron chi connectivity index (χ3n) is 3.63. The second-order valence-corrected chi connectivity index (χ2v) is 6.44. The molecule has 0 radical (unpaired) electrons. The van der Waals surface area contributed by atoms with Crippen LogP contribution in [0.25, 0.3) is 0 Å². The van der Waals surface area contributed by atoms with Gasteiger partial charge >= 0.3 is 0 Å². The van der Waals surface area contributed by atoms with Gasteiger partial charge in [-0.1, -0.05) is 6.92 Å². The molecule has 3 rings (SSSR count). The molecule has 1 atom stereocenters. The molecule has 0 aromatic carbocycles. The minimum absolute atomic E-state index is 0.730. The van der Waals surface area contributed by atoms with Crippen molar-refractivity contribution in [3.05, 3.63) is 16.1 Å². The van der Waals surface area contributed by atoms with E-state index in [1.165, 1.54) is 42.2 Å². The van der Waals surface area contributed by atoms with Gasteiger partial charge in [-0.25, -0.2) is 4.98 Å². The zero-order chi connectivity index (χ0) is 11.7. The Morgan fingerprint density at radius 2 is 2.29 bits per heavy atom. The summed E-state index contributed by atoms with van der Waals surface area (Å²) in [7, 11) is 0. The van der Waals surface area contributed by atoms with Crippen LogP contribution in [0.1, 0.15) is 36.1 Å². The number of thiazole rings is 1. The van der Waals surface area contributed by atoms with Crippen LogP contribution in [0.3, 0.4) is 0 Å². The van der Waals surface area contributed by atoms with Crippen molar-refractivity contribution < 1.29 is 0 Å². The van der Waals surface area contributed by atoms with Crippen molar-refractivity contribution in [2.24, 2.45) is 0 Å². The number of aromatic nitrogens is 1. The van der Waals surface area contributed by atoms with Gasteiger partial charge in [0.2, 0.25) is 0 Å². The Kier molecular flexibility index (Phi) is 3.45. The van der Waals surface area contributed by atoms with Crippen LogP contribution in [0.2, 0.25) is 0 Å². The minimum atomic E-state index is 0.730. The largest absolute Gasteiger partial charge is 0.310 e. The van der Waals surface area contributed by atoms with Crippen LogP contribution < -0.4 is 5.32 Å². The lowest BCUT2D eigenvalue weighted by atomic mass is 10.2. The second-order valence-electron chi connectivity index (χ2n) is 5.24. The second kappa shape index (κ2) is 5.04. The first-order valence-electron chi connectivity index (χ1n) is 6.75. The normalized spacial score (nSPS) is 25.6. The van der Waals surface area contributed by atoms with Crippen LogP contribution in [0.5, 0.6) is 0 Å². The summed E-state index contributed by atoms with van der Waals surface area (Å²) < 4.78 is 0. The van der Waals surface area contributed by atoms with Crippen LogP contribution in [0.4, 0.5) is 0 Å². The maximum Gasteiger partial charge on any atom is 0.107 e. The molecule has 1 unspecified atom stereocenters. The molecule has 1 aromatic rings. The number of aryl methyl sites for hydroxylation is 1. The molecule has 2 aliphatic rings. The first-order valence-corrected chi connectivity index (χ1v) is 7.57. The van der Waals surface area contributed by atoms with E-state index in [-0.39, 0.29) is 0 Å². The average Bonchev–Trinajstić information content (AvgIpc) is 2.86. The van der Waals surface area contributed by atoms with E-state index in [1.807, 2.05) is 17.5 Å². The molecular formula is C13H21N3S. The van der Waals surface area contributed by atoms with Crippen LogP contribution in [-0.4, -0.2) is 35.1 Å². The van der Waals surface area contributed by atoms with Gasteiger partial charge in [0, 0.05) is 36.2 Å². The fourth-order valence-electron chi connectivity index (χ4n) is 2.47. The van der Waals surface area contributed by atoms with E-state index >= 15 is 0 Å². The molecule has 3 nitrogen and oxygen atoms in total. The zero-order valence-electron chi connectivity index (χ0n) is 10.5. The number of nitrogens with one attached hydrogen (secondary N) is 1. The van der Waals surface area contributed by atoms with Crippen LogP contribution >= 0.6 is 11.3 Å². The number of nitrogens with zero attached hydrogens (tertiary/aromatic N) is 2. The standard InChI is InChI=1S/C13H21N3S/c1-2-12-7-14-13(17-12)9-16-6-5-11(8-16)15-10-3-4-10/h7,10-11,15H,2-6,8-9H2,1H3. The van der Waals surface area contributed by atoms with Gasteiger partial charge in [0.05, 0.1) is 6.54 Å². The molecule has 17 heavy (non-hydrogen) atoms. The summed E-state index contributed by atoms with van der Waals surface area (Å²) in [5.41, 5.74) is 0. The third-order valence-corrected chi connectivity index (χ3v) is 4.76. The highest BCUT2D eigenvalue weighted by Gasteiger charge is 2.29. The number of hydrogen-bond acceptors (Lipinski definition) is 4. The SMILES string of the molecule is CCc1cnc(CN2CCC(NC3CC3)C2)s1. The Morgan fingerprint density at radius 1 is 1.41 bits per heavy atom. The van der Waals surface area contributed by atoms with Crippen molar-refractivity contribution in [1.82, 2.24) is 15.2 Å². The van der Waals surface area contributed by atoms with Crippen molar-refractivity contribution in [2.75, 3.05) is 13.1 Å². The van der Waals surface area contributed by atoms with Crippen molar-refractivity contribution >= 4 is 11.3 Å². The molecule has 1 aromatic heterocycles. The topological polar surface area (TPSA) is 28.2 Å². The number of hydrogen-bond donors (Lipinski definition) is 1. The molecule has 4 heteroatoms. The monoisotopic (exact) mass is 251 g/mol. The third kappa shape index (κ3) is 3.06. The Balaban J connectivity index is 1.48. The van der Waals surface area contributed by atoms with E-state index in [0.29, 0.717) is 0 Å². The van der Waals surface area contributed by atoms with Crippen LogP contribution in [0, 0.1) is 0 Å². The zero-order valence-corrected chi connectivity index (χ0v) is 11.3. The molecule has 1 aliphatic carbocycles. The lowest BCUT2D eigenvalue weighted by molar-refractivity contribution is 0.319. The van der Waals surface area contributed by atoms with Crippen LogP contribution in [0.15, 0.2) is 6.20 Å². The fourth-order valence-corrected chi connectivity index (χ4v) is 3.38. The number of likely N-dealkylation sites (tertiary alicyclic amines) is 1. The summed E-state index contributed by atoms with van der Waals surface area (Å²) in [4.78, 5) is 8.45. The highest BCUT2D eigenvalue weighted by atomic mass is 32.1. The molecule has 0 spiro atoms. The Hall–Kier alpha value is -0.450. The van der Waals surface area contributed by atoms with Gasteiger partial charge in [0.25, 0.3) is 0 Å². The predicted octanol–water partition coefficient (Wildman–Crippen LogP) is 2.03. The Labute approximate surface area is 107 Å². The quantitative estimate of drug-likeness (QED) is 0.868. The van der Waals surface area contributed by atoms with E-state index in [2.05, 4.69) is 22.1 Å². The molecule has 0 bridgehead atoms. The van der Waals surface area contributed by atoms with Crippen LogP contribution in [-0.2, 0) is 13.0 Å². The maximum atomic E-state index is 4.51. The van der Waals surface area contributed by atoms with E-state index in [4.69, 9.17) is 0 Å². The highest BCUT2D eigenvalue weighted by molar-refractivity contribution is 7.11. The summed E-state index contributed by atoms with van der Waals surface area (Å²) in [6, 6.07) is 1.57. The molecule has 1 saturated carbocycles. The first kappa shape index (κ1) is 11.6. The van der Waals surface area contributed by atoms with Crippen molar-refractivity contribution in [3.8, 4) is 0 Å². The maximum absolute atomic E-state index is 4.51. The van der Waals surface area contributed by atoms with Gasteiger partial charge in [-0.05, 0) is 25.7 Å².